The van der Waals surface area contributed by atoms with E-state index in [4.69, 9.17) is 24.0 Å². The molecule has 1 saturated carbocycles. The molecule has 43 heavy (non-hydrogen) atoms. The van der Waals surface area contributed by atoms with Gasteiger partial charge in [-0.25, -0.2) is 14.5 Å². The van der Waals surface area contributed by atoms with Gasteiger partial charge >= 0.3 is 5.97 Å². The number of rotatable bonds is 10. The third-order valence-electron chi connectivity index (χ3n) is 8.70. The summed E-state index contributed by atoms with van der Waals surface area (Å²) in [5, 5.41) is 19.0. The van der Waals surface area contributed by atoms with E-state index in [0.29, 0.717) is 23.7 Å². The molecule has 1 fully saturated rings. The Bertz CT molecular complexity index is 1550. The number of nitrogens with one attached hydrogen (secondary N) is 1. The van der Waals surface area contributed by atoms with Crippen molar-refractivity contribution in [1.82, 2.24) is 14.8 Å². The number of methoxy groups -OCH3 is 1. The predicted molar refractivity (Wildman–Crippen MR) is 171 cm³/mol. The van der Waals surface area contributed by atoms with Gasteiger partial charge in [0.25, 0.3) is 0 Å². The van der Waals surface area contributed by atoms with Crippen molar-refractivity contribution in [2.24, 2.45) is 0 Å². The fraction of sp³-hybridized carbons (Fsp3) is 0.424. The summed E-state index contributed by atoms with van der Waals surface area (Å²) < 4.78 is 20.2. The monoisotopic (exact) mass is 602 g/mol. The largest absolute Gasteiger partial charge is 0.497 e. The lowest BCUT2D eigenvalue weighted by Crippen LogP contribution is -2.45. The Balaban J connectivity index is 1.41. The standard InChI is InChI=1S/C33H42N4O5Si/c1-33(2,3)43(5,6)42-27-17-11-24(12-18-27)35-30-29-28(41-26-15-9-23(10-16-26)32(38)39)19-20-34-31(29)37(36-30)21-22-7-13-25(40-4)14-8-22/h7-10,13-16,19-20,24,27H,11-12,17-18,21H2,1-6H3,(H,35,36)(H,38,39). The topological polar surface area (TPSA) is 108 Å². The van der Waals surface area contributed by atoms with E-state index in [9.17, 15) is 9.90 Å². The summed E-state index contributed by atoms with van der Waals surface area (Å²) in [6, 6.07) is 16.4. The second-order valence-corrected chi connectivity index (χ2v) is 17.5. The van der Waals surface area contributed by atoms with E-state index >= 15 is 0 Å². The maximum atomic E-state index is 11.3. The molecule has 2 aromatic carbocycles. The van der Waals surface area contributed by atoms with E-state index in [1.54, 1.807) is 25.4 Å². The zero-order valence-electron chi connectivity index (χ0n) is 25.9. The van der Waals surface area contributed by atoms with Crippen molar-refractivity contribution in [3.05, 3.63) is 71.9 Å². The van der Waals surface area contributed by atoms with Crippen molar-refractivity contribution in [1.29, 1.82) is 0 Å². The van der Waals surface area contributed by atoms with Gasteiger partial charge in [-0.15, -0.1) is 0 Å². The average molecular weight is 603 g/mol. The van der Waals surface area contributed by atoms with Crippen LogP contribution in [0.2, 0.25) is 18.1 Å². The summed E-state index contributed by atoms with van der Waals surface area (Å²) in [5.41, 5.74) is 1.97. The molecule has 5 rings (SSSR count). The van der Waals surface area contributed by atoms with Gasteiger partial charge in [0, 0.05) is 24.4 Å². The van der Waals surface area contributed by atoms with Crippen LogP contribution in [0.1, 0.15) is 62.4 Å². The first-order valence-electron chi connectivity index (χ1n) is 14.9. The second kappa shape index (κ2) is 12.4. The quantitative estimate of drug-likeness (QED) is 0.178. The van der Waals surface area contributed by atoms with E-state index < -0.39 is 14.3 Å². The number of aromatic nitrogens is 3. The Hall–Kier alpha value is -3.89. The van der Waals surface area contributed by atoms with Crippen molar-refractivity contribution in [3.63, 3.8) is 0 Å². The summed E-state index contributed by atoms with van der Waals surface area (Å²) in [6.07, 6.45) is 5.98. The van der Waals surface area contributed by atoms with Crippen LogP contribution in [0, 0.1) is 0 Å². The number of carbonyl (C=O) groups is 1. The number of nitrogens with zero attached hydrogens (tertiary/aromatic N) is 3. The SMILES string of the molecule is COc1ccc(Cn2nc(NC3CCC(O[Si](C)(C)C(C)(C)C)CC3)c3c(Oc4ccc(C(=O)O)cc4)ccnc32)cc1. The maximum absolute atomic E-state index is 11.3. The number of pyridine rings is 1. The fourth-order valence-electron chi connectivity index (χ4n) is 5.17. The van der Waals surface area contributed by atoms with Crippen LogP contribution in [-0.2, 0) is 11.0 Å². The van der Waals surface area contributed by atoms with Crippen molar-refractivity contribution in [2.75, 3.05) is 12.4 Å². The van der Waals surface area contributed by atoms with Crippen molar-refractivity contribution < 1.29 is 23.8 Å². The molecule has 228 valence electrons. The molecule has 10 heteroatoms. The molecule has 0 aliphatic heterocycles. The van der Waals surface area contributed by atoms with Gasteiger partial charge in [0.2, 0.25) is 0 Å². The second-order valence-electron chi connectivity index (χ2n) is 12.8. The van der Waals surface area contributed by atoms with Crippen molar-refractivity contribution in [3.8, 4) is 17.2 Å². The van der Waals surface area contributed by atoms with E-state index in [1.165, 1.54) is 12.1 Å². The molecule has 0 bridgehead atoms. The molecule has 9 nitrogen and oxygen atoms in total. The Kier molecular flexibility index (Phi) is 8.80. The lowest BCUT2D eigenvalue weighted by atomic mass is 9.93. The highest BCUT2D eigenvalue weighted by Gasteiger charge is 2.40. The number of hydrogen-bond acceptors (Lipinski definition) is 7. The van der Waals surface area contributed by atoms with E-state index in [1.807, 2.05) is 35.0 Å². The molecular formula is C33H42N4O5Si. The highest BCUT2D eigenvalue weighted by atomic mass is 28.4. The Morgan fingerprint density at radius 3 is 2.26 bits per heavy atom. The molecule has 0 amide bonds. The Labute approximate surface area is 254 Å². The van der Waals surface area contributed by atoms with Gasteiger partial charge in [0.05, 0.1) is 19.2 Å². The number of fused-ring (bicyclic) bond motifs is 1. The minimum Gasteiger partial charge on any atom is -0.497 e. The number of aromatic carboxylic acids is 1. The van der Waals surface area contributed by atoms with Gasteiger partial charge in [-0.1, -0.05) is 32.9 Å². The van der Waals surface area contributed by atoms with Crippen LogP contribution in [-0.4, -0.2) is 53.4 Å². The molecule has 4 aromatic rings. The first kappa shape index (κ1) is 30.6. The molecule has 0 radical (unpaired) electrons. The first-order chi connectivity index (χ1) is 20.4. The molecular weight excluding hydrogens is 560 g/mol. The normalized spacial score (nSPS) is 17.5. The number of hydrogen-bond donors (Lipinski definition) is 2. The molecule has 2 N–H and O–H groups in total. The number of benzene rings is 2. The third kappa shape index (κ3) is 7.02. The van der Waals surface area contributed by atoms with Gasteiger partial charge in [0.15, 0.2) is 19.8 Å². The van der Waals surface area contributed by atoms with Crippen LogP contribution in [0.3, 0.4) is 0 Å². The van der Waals surface area contributed by atoms with E-state index in [0.717, 1.165) is 48.2 Å². The van der Waals surface area contributed by atoms with Gasteiger partial charge in [-0.05, 0) is 85.8 Å². The minimum atomic E-state index is -1.82. The summed E-state index contributed by atoms with van der Waals surface area (Å²) >= 11 is 0. The van der Waals surface area contributed by atoms with Crippen LogP contribution < -0.4 is 14.8 Å². The zero-order chi connectivity index (χ0) is 30.8. The Morgan fingerprint density at radius 2 is 1.65 bits per heavy atom. The summed E-state index contributed by atoms with van der Waals surface area (Å²) in [7, 11) is -0.166. The molecule has 2 aromatic heterocycles. The fourth-order valence-corrected chi connectivity index (χ4v) is 6.60. The molecule has 0 unspecified atom stereocenters. The lowest BCUT2D eigenvalue weighted by molar-refractivity contribution is 0.0697. The van der Waals surface area contributed by atoms with Crippen LogP contribution >= 0.6 is 0 Å². The minimum absolute atomic E-state index is 0.190. The highest BCUT2D eigenvalue weighted by molar-refractivity contribution is 6.74. The van der Waals surface area contributed by atoms with Crippen LogP contribution in [0.15, 0.2) is 60.8 Å². The van der Waals surface area contributed by atoms with Gasteiger partial charge in [-0.3, -0.25) is 0 Å². The van der Waals surface area contributed by atoms with Crippen LogP contribution in [0.5, 0.6) is 17.2 Å². The molecule has 0 atom stereocenters. The van der Waals surface area contributed by atoms with Crippen molar-refractivity contribution >= 4 is 31.1 Å². The number of anilines is 1. The Morgan fingerprint density at radius 1 is 1.00 bits per heavy atom. The molecule has 0 saturated heterocycles. The van der Waals surface area contributed by atoms with Gasteiger partial charge < -0.3 is 24.3 Å². The number of carboxylic acids is 1. The summed E-state index contributed by atoms with van der Waals surface area (Å²) in [5.74, 6) is 1.68. The third-order valence-corrected chi connectivity index (χ3v) is 13.2. The van der Waals surface area contributed by atoms with Crippen LogP contribution in [0.4, 0.5) is 5.82 Å². The first-order valence-corrected chi connectivity index (χ1v) is 17.8. The predicted octanol–water partition coefficient (Wildman–Crippen LogP) is 7.72. The van der Waals surface area contributed by atoms with Crippen molar-refractivity contribution in [2.45, 2.75) is 83.3 Å². The van der Waals surface area contributed by atoms with E-state index in [2.05, 4.69) is 39.2 Å². The lowest BCUT2D eigenvalue weighted by Gasteiger charge is -2.41. The van der Waals surface area contributed by atoms with Gasteiger partial charge in [-0.2, -0.15) is 5.10 Å². The molecule has 1 aliphatic carbocycles. The smallest absolute Gasteiger partial charge is 0.335 e. The van der Waals surface area contributed by atoms with E-state index in [-0.39, 0.29) is 22.7 Å². The molecule has 1 aliphatic rings. The highest BCUT2D eigenvalue weighted by Crippen LogP contribution is 2.40. The summed E-state index contributed by atoms with van der Waals surface area (Å²) in [4.78, 5) is 16.0. The zero-order valence-corrected chi connectivity index (χ0v) is 26.9. The van der Waals surface area contributed by atoms with Crippen LogP contribution in [0.25, 0.3) is 11.0 Å². The summed E-state index contributed by atoms with van der Waals surface area (Å²) in [6.45, 7) is 12.0. The number of carboxylic acid groups (broad SMARTS) is 1. The molecule has 0 spiro atoms. The maximum Gasteiger partial charge on any atom is 0.335 e. The average Bonchev–Trinajstić information content (AvgIpc) is 3.31. The van der Waals surface area contributed by atoms with Gasteiger partial charge in [0.1, 0.15) is 22.6 Å². The number of ether oxygens (including phenoxy) is 2. The molecule has 2 heterocycles.